The van der Waals surface area contributed by atoms with Gasteiger partial charge in [0.25, 0.3) is 0 Å². The molecule has 1 aliphatic rings. The summed E-state index contributed by atoms with van der Waals surface area (Å²) >= 11 is 0. The highest BCUT2D eigenvalue weighted by molar-refractivity contribution is 5.78. The first-order valence-electron chi connectivity index (χ1n) is 3.39. The van der Waals surface area contributed by atoms with E-state index in [1.807, 2.05) is 0 Å². The third kappa shape index (κ3) is 1.52. The van der Waals surface area contributed by atoms with E-state index in [-0.39, 0.29) is 24.5 Å². The Kier molecular flexibility index (Phi) is 1.75. The van der Waals surface area contributed by atoms with E-state index in [2.05, 4.69) is 0 Å². The van der Waals surface area contributed by atoms with Crippen LogP contribution in [0.1, 0.15) is 26.2 Å². The number of hydrogen-bond donors (Lipinski definition) is 0. The lowest BCUT2D eigenvalue weighted by atomic mass is 10.0. The third-order valence-electron chi connectivity index (χ3n) is 1.98. The highest BCUT2D eigenvalue weighted by Crippen LogP contribution is 2.38. The average Bonchev–Trinajstić information content (AvgIpc) is 2.10. The van der Waals surface area contributed by atoms with Gasteiger partial charge in [-0.2, -0.15) is 0 Å². The second-order valence-corrected chi connectivity index (χ2v) is 2.91. The highest BCUT2D eigenvalue weighted by atomic mass is 19.3. The molecule has 0 N–H and O–H groups in total. The zero-order valence-corrected chi connectivity index (χ0v) is 5.86. The molecule has 1 nitrogen and oxygen atoms in total. The fourth-order valence-corrected chi connectivity index (χ4v) is 1.30. The SMILES string of the molecule is CC(=O)[C@H]1CCC(F)(F)C1. The van der Waals surface area contributed by atoms with Gasteiger partial charge in [-0.15, -0.1) is 0 Å². The number of rotatable bonds is 1. The summed E-state index contributed by atoms with van der Waals surface area (Å²) in [5.41, 5.74) is 0. The van der Waals surface area contributed by atoms with Gasteiger partial charge < -0.3 is 0 Å². The molecule has 0 radical (unpaired) electrons. The summed E-state index contributed by atoms with van der Waals surface area (Å²) in [7, 11) is 0. The molecule has 0 spiro atoms. The molecule has 58 valence electrons. The van der Waals surface area contributed by atoms with E-state index in [1.54, 1.807) is 0 Å². The summed E-state index contributed by atoms with van der Waals surface area (Å²) < 4.78 is 24.8. The predicted octanol–water partition coefficient (Wildman–Crippen LogP) is 2.01. The third-order valence-corrected chi connectivity index (χ3v) is 1.98. The van der Waals surface area contributed by atoms with Crippen molar-refractivity contribution >= 4 is 5.78 Å². The number of carbonyl (C=O) groups is 1. The van der Waals surface area contributed by atoms with Crippen LogP contribution in [0.2, 0.25) is 0 Å². The number of ketones is 1. The van der Waals surface area contributed by atoms with E-state index in [4.69, 9.17) is 0 Å². The molecule has 0 aromatic heterocycles. The van der Waals surface area contributed by atoms with Crippen molar-refractivity contribution in [3.63, 3.8) is 0 Å². The van der Waals surface area contributed by atoms with Crippen molar-refractivity contribution in [3.05, 3.63) is 0 Å². The molecule has 1 atom stereocenters. The number of alkyl halides is 2. The van der Waals surface area contributed by atoms with Gasteiger partial charge in [0, 0.05) is 18.8 Å². The lowest BCUT2D eigenvalue weighted by Crippen LogP contribution is -2.12. The molecule has 1 rings (SSSR count). The van der Waals surface area contributed by atoms with E-state index >= 15 is 0 Å². The Morgan fingerprint density at radius 3 is 2.40 bits per heavy atom. The summed E-state index contributed by atoms with van der Waals surface area (Å²) in [6.07, 6.45) is 0.0158. The minimum Gasteiger partial charge on any atom is -0.300 e. The van der Waals surface area contributed by atoms with Crippen LogP contribution in [0.4, 0.5) is 8.78 Å². The standard InChI is InChI=1S/C7H10F2O/c1-5(10)6-2-3-7(8,9)4-6/h6H,2-4H2,1H3/t6-/m0/s1. The van der Waals surface area contributed by atoms with Gasteiger partial charge in [0.15, 0.2) is 0 Å². The second-order valence-electron chi connectivity index (χ2n) is 2.91. The smallest absolute Gasteiger partial charge is 0.248 e. The van der Waals surface area contributed by atoms with Crippen LogP contribution >= 0.6 is 0 Å². The lowest BCUT2D eigenvalue weighted by molar-refractivity contribution is -0.121. The molecule has 10 heavy (non-hydrogen) atoms. The zero-order chi connectivity index (χ0) is 7.78. The fraction of sp³-hybridized carbons (Fsp3) is 0.857. The molecule has 0 bridgehead atoms. The van der Waals surface area contributed by atoms with Gasteiger partial charge >= 0.3 is 0 Å². The van der Waals surface area contributed by atoms with Gasteiger partial charge in [-0.05, 0) is 13.3 Å². The van der Waals surface area contributed by atoms with Gasteiger partial charge in [-0.3, -0.25) is 4.79 Å². The van der Waals surface area contributed by atoms with Gasteiger partial charge in [0.05, 0.1) is 0 Å². The van der Waals surface area contributed by atoms with E-state index in [0.29, 0.717) is 6.42 Å². The Bertz CT molecular complexity index is 154. The van der Waals surface area contributed by atoms with Gasteiger partial charge in [-0.25, -0.2) is 8.78 Å². The number of Topliss-reactive ketones (excluding diaryl/α,β-unsaturated/α-hetero) is 1. The average molecular weight is 148 g/mol. The van der Waals surface area contributed by atoms with Crippen molar-refractivity contribution in [1.29, 1.82) is 0 Å². The van der Waals surface area contributed by atoms with Gasteiger partial charge in [0.2, 0.25) is 5.92 Å². The summed E-state index contributed by atoms with van der Waals surface area (Å²) in [5.74, 6) is -3.05. The minimum atomic E-state index is -2.57. The number of hydrogen-bond acceptors (Lipinski definition) is 1. The van der Waals surface area contributed by atoms with Crippen molar-refractivity contribution in [2.24, 2.45) is 5.92 Å². The molecule has 0 aromatic rings. The lowest BCUT2D eigenvalue weighted by Gasteiger charge is -2.06. The first-order valence-corrected chi connectivity index (χ1v) is 3.39. The van der Waals surface area contributed by atoms with Gasteiger partial charge in [0.1, 0.15) is 5.78 Å². The van der Waals surface area contributed by atoms with Crippen LogP contribution in [0.3, 0.4) is 0 Å². The Morgan fingerprint density at radius 2 is 2.20 bits per heavy atom. The molecule has 1 fully saturated rings. The Labute approximate surface area is 58.4 Å². The molecule has 0 saturated heterocycles. The Hall–Kier alpha value is -0.470. The molecular formula is C7H10F2O. The van der Waals surface area contributed by atoms with Crippen LogP contribution in [0, 0.1) is 5.92 Å². The van der Waals surface area contributed by atoms with Crippen LogP contribution in [0.5, 0.6) is 0 Å². The largest absolute Gasteiger partial charge is 0.300 e. The number of halogens is 2. The van der Waals surface area contributed by atoms with Crippen molar-refractivity contribution in [1.82, 2.24) is 0 Å². The fourth-order valence-electron chi connectivity index (χ4n) is 1.30. The molecule has 1 saturated carbocycles. The first-order chi connectivity index (χ1) is 4.51. The molecular weight excluding hydrogens is 138 g/mol. The summed E-state index contributed by atoms with van der Waals surface area (Å²) in [6, 6.07) is 0. The molecule has 0 aliphatic heterocycles. The maximum Gasteiger partial charge on any atom is 0.248 e. The van der Waals surface area contributed by atoms with Crippen molar-refractivity contribution < 1.29 is 13.6 Å². The monoisotopic (exact) mass is 148 g/mol. The predicted molar refractivity (Wildman–Crippen MR) is 33.0 cm³/mol. The second kappa shape index (κ2) is 2.29. The summed E-state index contributed by atoms with van der Waals surface area (Å²) in [4.78, 5) is 10.6. The van der Waals surface area contributed by atoms with E-state index in [9.17, 15) is 13.6 Å². The molecule has 0 unspecified atom stereocenters. The number of carbonyl (C=O) groups excluding carboxylic acids is 1. The van der Waals surface area contributed by atoms with Crippen molar-refractivity contribution in [2.75, 3.05) is 0 Å². The zero-order valence-electron chi connectivity index (χ0n) is 5.86. The molecule has 0 amide bonds. The molecule has 3 heteroatoms. The van der Waals surface area contributed by atoms with Gasteiger partial charge in [-0.1, -0.05) is 0 Å². The molecule has 0 aromatic carbocycles. The minimum absolute atomic E-state index is 0.0998. The van der Waals surface area contributed by atoms with Crippen LogP contribution < -0.4 is 0 Å². The van der Waals surface area contributed by atoms with Crippen LogP contribution in [-0.2, 0) is 4.79 Å². The van der Waals surface area contributed by atoms with E-state index < -0.39 is 5.92 Å². The van der Waals surface area contributed by atoms with Crippen molar-refractivity contribution in [2.45, 2.75) is 32.1 Å². The van der Waals surface area contributed by atoms with E-state index in [1.165, 1.54) is 6.92 Å². The molecule has 0 heterocycles. The molecule has 1 aliphatic carbocycles. The highest BCUT2D eigenvalue weighted by Gasteiger charge is 2.40. The topological polar surface area (TPSA) is 17.1 Å². The normalized spacial score (nSPS) is 30.5. The first kappa shape index (κ1) is 7.63. The maximum absolute atomic E-state index is 12.4. The Morgan fingerprint density at radius 1 is 1.60 bits per heavy atom. The van der Waals surface area contributed by atoms with Crippen LogP contribution in [0.15, 0.2) is 0 Å². The van der Waals surface area contributed by atoms with Crippen molar-refractivity contribution in [3.8, 4) is 0 Å². The Balaban J connectivity index is 2.51. The maximum atomic E-state index is 12.4. The van der Waals surface area contributed by atoms with Crippen LogP contribution in [0.25, 0.3) is 0 Å². The summed E-state index contributed by atoms with van der Waals surface area (Å²) in [6.45, 7) is 1.38. The van der Waals surface area contributed by atoms with E-state index in [0.717, 1.165) is 0 Å². The summed E-state index contributed by atoms with van der Waals surface area (Å²) in [5, 5.41) is 0. The van der Waals surface area contributed by atoms with Crippen LogP contribution in [-0.4, -0.2) is 11.7 Å². The quantitative estimate of drug-likeness (QED) is 0.556.